The molecule has 0 aliphatic heterocycles. The number of hydrogen-bond donors (Lipinski definition) is 3. The number of anilines is 2. The molecule has 0 spiro atoms. The Hall–Kier alpha value is -3.62. The fourth-order valence-electron chi connectivity index (χ4n) is 3.15. The highest BCUT2D eigenvalue weighted by molar-refractivity contribution is 6.32. The quantitative estimate of drug-likeness (QED) is 0.384. The largest absolute Gasteiger partial charge is 0.495 e. The lowest BCUT2D eigenvalue weighted by Crippen LogP contribution is -2.22. The van der Waals surface area contributed by atoms with Gasteiger partial charge in [0.15, 0.2) is 11.5 Å². The van der Waals surface area contributed by atoms with E-state index in [2.05, 4.69) is 20.6 Å². The first-order chi connectivity index (χ1) is 16.0. The summed E-state index contributed by atoms with van der Waals surface area (Å²) in [6.07, 6.45) is 5.33. The molecule has 0 fully saturated rings. The van der Waals surface area contributed by atoms with E-state index in [0.29, 0.717) is 34.3 Å². The average Bonchev–Trinajstić information content (AvgIpc) is 3.25. The van der Waals surface area contributed by atoms with Crippen molar-refractivity contribution in [1.82, 2.24) is 19.7 Å². The maximum Gasteiger partial charge on any atom is 0.251 e. The van der Waals surface area contributed by atoms with Crippen molar-refractivity contribution < 1.29 is 14.6 Å². The van der Waals surface area contributed by atoms with Crippen LogP contribution < -0.4 is 15.4 Å². The van der Waals surface area contributed by atoms with Crippen molar-refractivity contribution >= 4 is 34.7 Å². The molecule has 8 nitrogen and oxygen atoms in total. The molecule has 172 valence electrons. The van der Waals surface area contributed by atoms with Crippen molar-refractivity contribution in [2.75, 3.05) is 25.6 Å². The lowest BCUT2D eigenvalue weighted by molar-refractivity contribution is 0.0956. The Kier molecular flexibility index (Phi) is 8.23. The maximum absolute atomic E-state index is 11.9. The monoisotopic (exact) mass is 467 g/mol. The van der Waals surface area contributed by atoms with Crippen molar-refractivity contribution in [2.45, 2.75) is 13.8 Å². The number of aromatic nitrogens is 3. The van der Waals surface area contributed by atoms with Crippen molar-refractivity contribution in [2.24, 2.45) is 0 Å². The van der Waals surface area contributed by atoms with Gasteiger partial charge in [0.25, 0.3) is 5.91 Å². The third kappa shape index (κ3) is 5.60. The molecule has 0 atom stereocenters. The molecule has 0 unspecified atom stereocenters. The highest BCUT2D eigenvalue weighted by Gasteiger charge is 2.12. The number of aliphatic hydroxyl groups is 1. The molecule has 0 bridgehead atoms. The van der Waals surface area contributed by atoms with Crippen LogP contribution in [0.5, 0.6) is 5.75 Å². The maximum atomic E-state index is 11.9. The van der Waals surface area contributed by atoms with Gasteiger partial charge in [0.1, 0.15) is 5.75 Å². The Balaban J connectivity index is 0.000000968. The number of aliphatic hydroxyl groups excluding tert-OH is 1. The summed E-state index contributed by atoms with van der Waals surface area (Å²) in [5.41, 5.74) is 3.88. The van der Waals surface area contributed by atoms with Gasteiger partial charge in [-0.05, 0) is 56.3 Å². The van der Waals surface area contributed by atoms with Crippen LogP contribution in [0.25, 0.3) is 16.9 Å². The standard InChI is InChI=1S/C22H20ClN5O2.C2H6O/c1-3-24-22(29)14-4-7-16(8-5-14)27-20-21-26-13-18(28(21)11-10-25-20)15-6-9-19(30-2)17(23)12-15;1-2-3/h4-13H,3H2,1-2H3,(H,24,29)(H,25,27);3H,2H2,1H3. The normalized spacial score (nSPS) is 10.3. The minimum absolute atomic E-state index is 0.0969. The summed E-state index contributed by atoms with van der Waals surface area (Å²) < 4.78 is 7.17. The van der Waals surface area contributed by atoms with Crippen molar-refractivity contribution in [3.8, 4) is 17.0 Å². The van der Waals surface area contributed by atoms with E-state index < -0.39 is 0 Å². The predicted molar refractivity (Wildman–Crippen MR) is 130 cm³/mol. The van der Waals surface area contributed by atoms with Gasteiger partial charge in [-0.1, -0.05) is 11.6 Å². The molecule has 4 aromatic rings. The van der Waals surface area contributed by atoms with Gasteiger partial charge in [0, 0.05) is 42.4 Å². The molecule has 2 aromatic heterocycles. The predicted octanol–water partition coefficient (Wildman–Crippen LogP) is 4.55. The van der Waals surface area contributed by atoms with Crippen molar-refractivity contribution in [1.29, 1.82) is 0 Å². The fourth-order valence-corrected chi connectivity index (χ4v) is 3.41. The number of rotatable bonds is 6. The Bertz CT molecular complexity index is 1220. The van der Waals surface area contributed by atoms with Crippen molar-refractivity contribution in [3.63, 3.8) is 0 Å². The zero-order valence-electron chi connectivity index (χ0n) is 18.7. The molecule has 2 heterocycles. The van der Waals surface area contributed by atoms with Crippen LogP contribution in [-0.4, -0.2) is 45.6 Å². The molecule has 33 heavy (non-hydrogen) atoms. The first kappa shape index (κ1) is 24.0. The second-order valence-corrected chi connectivity index (χ2v) is 7.25. The summed E-state index contributed by atoms with van der Waals surface area (Å²) in [5.74, 6) is 1.13. The number of carbonyl (C=O) groups is 1. The van der Waals surface area contributed by atoms with E-state index in [0.717, 1.165) is 16.9 Å². The molecule has 3 N–H and O–H groups in total. The molecular formula is C24H26ClN5O3. The van der Waals surface area contributed by atoms with E-state index in [9.17, 15) is 4.79 Å². The number of ether oxygens (including phenoxy) is 1. The summed E-state index contributed by atoms with van der Waals surface area (Å²) in [4.78, 5) is 20.9. The lowest BCUT2D eigenvalue weighted by Gasteiger charge is -2.09. The lowest BCUT2D eigenvalue weighted by atomic mass is 10.1. The van der Waals surface area contributed by atoms with Gasteiger partial charge >= 0.3 is 0 Å². The Morgan fingerprint density at radius 2 is 1.88 bits per heavy atom. The minimum atomic E-state index is -0.0969. The second-order valence-electron chi connectivity index (χ2n) is 6.84. The van der Waals surface area contributed by atoms with E-state index in [1.54, 1.807) is 38.6 Å². The topological polar surface area (TPSA) is 101 Å². The van der Waals surface area contributed by atoms with E-state index >= 15 is 0 Å². The second kappa shape index (κ2) is 11.3. The van der Waals surface area contributed by atoms with Gasteiger partial charge in [-0.15, -0.1) is 0 Å². The zero-order valence-corrected chi connectivity index (χ0v) is 19.4. The fraction of sp³-hybridized carbons (Fsp3) is 0.208. The van der Waals surface area contributed by atoms with E-state index in [4.69, 9.17) is 21.4 Å². The summed E-state index contributed by atoms with van der Waals surface area (Å²) in [7, 11) is 1.58. The van der Waals surface area contributed by atoms with Gasteiger partial charge < -0.3 is 20.5 Å². The number of fused-ring (bicyclic) bond motifs is 1. The van der Waals surface area contributed by atoms with Crippen LogP contribution in [0, 0.1) is 0 Å². The van der Waals surface area contributed by atoms with Crippen LogP contribution in [0.2, 0.25) is 5.02 Å². The van der Waals surface area contributed by atoms with Crippen LogP contribution >= 0.6 is 11.6 Å². The van der Waals surface area contributed by atoms with Gasteiger partial charge in [0.05, 0.1) is 24.0 Å². The number of methoxy groups -OCH3 is 1. The smallest absolute Gasteiger partial charge is 0.251 e. The molecule has 0 aliphatic rings. The highest BCUT2D eigenvalue weighted by atomic mass is 35.5. The average molecular weight is 468 g/mol. The van der Waals surface area contributed by atoms with Crippen LogP contribution in [0.3, 0.4) is 0 Å². The highest BCUT2D eigenvalue weighted by Crippen LogP contribution is 2.31. The van der Waals surface area contributed by atoms with Gasteiger partial charge in [0.2, 0.25) is 0 Å². The number of amides is 1. The van der Waals surface area contributed by atoms with E-state index in [-0.39, 0.29) is 12.5 Å². The first-order valence-electron chi connectivity index (χ1n) is 10.4. The molecule has 1 amide bonds. The van der Waals surface area contributed by atoms with Gasteiger partial charge in [-0.3, -0.25) is 9.20 Å². The molecule has 0 saturated heterocycles. The number of hydrogen-bond acceptors (Lipinski definition) is 6. The molecule has 0 aliphatic carbocycles. The Morgan fingerprint density at radius 1 is 1.15 bits per heavy atom. The summed E-state index contributed by atoms with van der Waals surface area (Å²) in [6.45, 7) is 4.41. The molecular weight excluding hydrogens is 442 g/mol. The van der Waals surface area contributed by atoms with E-state index in [1.807, 2.05) is 47.9 Å². The molecule has 0 saturated carbocycles. The third-order valence-corrected chi connectivity index (χ3v) is 4.92. The van der Waals surface area contributed by atoms with Gasteiger partial charge in [-0.2, -0.15) is 0 Å². The number of benzene rings is 2. The first-order valence-corrected chi connectivity index (χ1v) is 10.8. The van der Waals surface area contributed by atoms with E-state index in [1.165, 1.54) is 0 Å². The molecule has 9 heteroatoms. The van der Waals surface area contributed by atoms with Crippen LogP contribution in [0.15, 0.2) is 61.1 Å². The van der Waals surface area contributed by atoms with Crippen LogP contribution in [0.1, 0.15) is 24.2 Å². The summed E-state index contributed by atoms with van der Waals surface area (Å²) in [6, 6.07) is 12.8. The number of halogens is 1. The summed E-state index contributed by atoms with van der Waals surface area (Å²) >= 11 is 6.28. The molecule has 4 rings (SSSR count). The molecule has 2 aromatic carbocycles. The Labute approximate surface area is 197 Å². The van der Waals surface area contributed by atoms with Crippen LogP contribution in [0.4, 0.5) is 11.5 Å². The number of nitrogens with one attached hydrogen (secondary N) is 2. The van der Waals surface area contributed by atoms with Crippen LogP contribution in [-0.2, 0) is 0 Å². The Morgan fingerprint density at radius 3 is 2.52 bits per heavy atom. The SMILES string of the molecule is CCNC(=O)c1ccc(Nc2nccn3c(-c4ccc(OC)c(Cl)c4)cnc23)cc1.CCO. The third-order valence-electron chi connectivity index (χ3n) is 4.62. The molecule has 0 radical (unpaired) electrons. The van der Waals surface area contributed by atoms with Crippen molar-refractivity contribution in [3.05, 3.63) is 71.6 Å². The minimum Gasteiger partial charge on any atom is -0.495 e. The number of imidazole rings is 1. The number of nitrogens with zero attached hydrogens (tertiary/aromatic N) is 3. The van der Waals surface area contributed by atoms with Gasteiger partial charge in [-0.25, -0.2) is 9.97 Å². The summed E-state index contributed by atoms with van der Waals surface area (Å²) in [5, 5.41) is 14.2. The number of carbonyl (C=O) groups excluding carboxylic acids is 1. The zero-order chi connectivity index (χ0) is 23.8.